The summed E-state index contributed by atoms with van der Waals surface area (Å²) in [5.41, 5.74) is 1.01. The van der Waals surface area contributed by atoms with Crippen molar-refractivity contribution in [1.29, 1.82) is 0 Å². The number of ether oxygens (including phenoxy) is 1. The maximum absolute atomic E-state index is 12.6. The highest BCUT2D eigenvalue weighted by molar-refractivity contribution is 5.79. The van der Waals surface area contributed by atoms with Crippen LogP contribution in [-0.4, -0.2) is 40.6 Å². The van der Waals surface area contributed by atoms with Crippen LogP contribution in [0.3, 0.4) is 0 Å². The maximum atomic E-state index is 12.6. The van der Waals surface area contributed by atoms with Crippen molar-refractivity contribution in [2.45, 2.75) is 45.1 Å². The van der Waals surface area contributed by atoms with Gasteiger partial charge in [-0.15, -0.1) is 0 Å². The van der Waals surface area contributed by atoms with Crippen LogP contribution in [0.1, 0.15) is 36.5 Å². The maximum Gasteiger partial charge on any atom is 0.227 e. The number of hydrogen-bond donors (Lipinski definition) is 0. The lowest BCUT2D eigenvalue weighted by Crippen LogP contribution is -2.36. The molecule has 1 fully saturated rings. The number of nitrogens with zero attached hydrogens (tertiary/aromatic N) is 3. The molecule has 6 nitrogen and oxygen atoms in total. The molecule has 0 radical (unpaired) electrons. The van der Waals surface area contributed by atoms with E-state index >= 15 is 0 Å². The molecule has 6 heteroatoms. The molecule has 1 aromatic carbocycles. The van der Waals surface area contributed by atoms with Crippen LogP contribution in [0.2, 0.25) is 0 Å². The highest BCUT2D eigenvalue weighted by Crippen LogP contribution is 2.23. The average Bonchev–Trinajstić information content (AvgIpc) is 3.22. The molecule has 3 rings (SSSR count). The number of likely N-dealkylation sites (tertiary alicyclic amines) is 1. The first kappa shape index (κ1) is 16.5. The summed E-state index contributed by atoms with van der Waals surface area (Å²) in [5.74, 6) is 2.30. The van der Waals surface area contributed by atoms with Gasteiger partial charge in [-0.05, 0) is 37.0 Å². The van der Waals surface area contributed by atoms with Crippen LogP contribution in [0, 0.1) is 6.92 Å². The summed E-state index contributed by atoms with van der Waals surface area (Å²) in [7, 11) is 1.64. The zero-order valence-electron chi connectivity index (χ0n) is 14.2. The number of aromatic nitrogens is 2. The van der Waals surface area contributed by atoms with Crippen LogP contribution in [-0.2, 0) is 17.6 Å². The SMILES string of the molecule is COc1ccc(CC(=O)N2CCCC2CCc2noc(C)n2)cc1. The van der Waals surface area contributed by atoms with Crippen LogP contribution in [0.5, 0.6) is 5.75 Å². The summed E-state index contributed by atoms with van der Waals surface area (Å²) in [6, 6.07) is 7.95. The molecule has 2 heterocycles. The molecular weight excluding hydrogens is 306 g/mol. The van der Waals surface area contributed by atoms with Crippen LogP contribution in [0.15, 0.2) is 28.8 Å². The summed E-state index contributed by atoms with van der Waals surface area (Å²) in [5, 5.41) is 3.93. The molecule has 1 aliphatic heterocycles. The van der Waals surface area contributed by atoms with Crippen LogP contribution in [0.4, 0.5) is 0 Å². The van der Waals surface area contributed by atoms with Crippen molar-refractivity contribution in [2.24, 2.45) is 0 Å². The quantitative estimate of drug-likeness (QED) is 0.815. The third kappa shape index (κ3) is 3.93. The van der Waals surface area contributed by atoms with Gasteiger partial charge in [-0.25, -0.2) is 0 Å². The molecule has 128 valence electrons. The topological polar surface area (TPSA) is 68.5 Å². The Morgan fingerprint density at radius 3 is 2.83 bits per heavy atom. The van der Waals surface area contributed by atoms with Gasteiger partial charge < -0.3 is 14.2 Å². The standard InChI is InChI=1S/C18H23N3O3/c1-13-19-17(20-24-13)10-7-15-4-3-11-21(15)18(22)12-14-5-8-16(23-2)9-6-14/h5-6,8-9,15H,3-4,7,10-12H2,1-2H3. The number of aryl methyl sites for hydroxylation is 2. The molecule has 0 N–H and O–H groups in total. The fourth-order valence-electron chi connectivity index (χ4n) is 3.22. The van der Waals surface area contributed by atoms with Crippen molar-refractivity contribution in [3.8, 4) is 5.75 Å². The second-order valence-corrected chi connectivity index (χ2v) is 6.18. The van der Waals surface area contributed by atoms with E-state index in [1.165, 1.54) is 0 Å². The minimum Gasteiger partial charge on any atom is -0.497 e. The summed E-state index contributed by atoms with van der Waals surface area (Å²) in [6.07, 6.45) is 4.17. The fraction of sp³-hybridized carbons (Fsp3) is 0.500. The first-order chi connectivity index (χ1) is 11.7. The largest absolute Gasteiger partial charge is 0.497 e. The predicted molar refractivity (Wildman–Crippen MR) is 88.8 cm³/mol. The third-order valence-corrected chi connectivity index (χ3v) is 4.48. The molecule has 1 saturated heterocycles. The molecule has 1 aliphatic rings. The summed E-state index contributed by atoms with van der Waals surface area (Å²) in [4.78, 5) is 18.9. The number of benzene rings is 1. The van der Waals surface area contributed by atoms with Gasteiger partial charge in [-0.2, -0.15) is 4.98 Å². The van der Waals surface area contributed by atoms with Crippen molar-refractivity contribution in [3.63, 3.8) is 0 Å². The molecule has 1 unspecified atom stereocenters. The number of amides is 1. The van der Waals surface area contributed by atoms with E-state index in [-0.39, 0.29) is 11.9 Å². The second kappa shape index (κ2) is 7.47. The Labute approximate surface area is 141 Å². The van der Waals surface area contributed by atoms with Crippen LogP contribution in [0.25, 0.3) is 0 Å². The van der Waals surface area contributed by atoms with E-state index in [9.17, 15) is 4.79 Å². The lowest BCUT2D eigenvalue weighted by molar-refractivity contribution is -0.131. The van der Waals surface area contributed by atoms with E-state index in [0.29, 0.717) is 12.3 Å². The number of hydrogen-bond acceptors (Lipinski definition) is 5. The van der Waals surface area contributed by atoms with Crippen molar-refractivity contribution in [1.82, 2.24) is 15.0 Å². The zero-order valence-corrected chi connectivity index (χ0v) is 14.2. The first-order valence-electron chi connectivity index (χ1n) is 8.37. The van der Waals surface area contributed by atoms with E-state index in [1.54, 1.807) is 14.0 Å². The van der Waals surface area contributed by atoms with Crippen molar-refractivity contribution < 1.29 is 14.1 Å². The molecule has 1 amide bonds. The average molecular weight is 329 g/mol. The zero-order chi connectivity index (χ0) is 16.9. The Morgan fingerprint density at radius 2 is 2.17 bits per heavy atom. The normalized spacial score (nSPS) is 17.2. The lowest BCUT2D eigenvalue weighted by Gasteiger charge is -2.24. The van der Waals surface area contributed by atoms with Crippen LogP contribution < -0.4 is 4.74 Å². The Bertz CT molecular complexity index is 681. The van der Waals surface area contributed by atoms with Crippen molar-refractivity contribution in [2.75, 3.05) is 13.7 Å². The van der Waals surface area contributed by atoms with Gasteiger partial charge in [0.15, 0.2) is 5.82 Å². The van der Waals surface area contributed by atoms with E-state index in [4.69, 9.17) is 9.26 Å². The second-order valence-electron chi connectivity index (χ2n) is 6.18. The number of rotatable bonds is 6. The van der Waals surface area contributed by atoms with Gasteiger partial charge in [0.25, 0.3) is 0 Å². The Hall–Kier alpha value is -2.37. The highest BCUT2D eigenvalue weighted by atomic mass is 16.5. The van der Waals surface area contributed by atoms with E-state index in [2.05, 4.69) is 10.1 Å². The predicted octanol–water partition coefficient (Wildman–Crippen LogP) is 2.55. The number of carbonyl (C=O) groups is 1. The smallest absolute Gasteiger partial charge is 0.227 e. The summed E-state index contributed by atoms with van der Waals surface area (Å²) in [6.45, 7) is 2.63. The monoisotopic (exact) mass is 329 g/mol. The molecule has 2 aromatic rings. The molecule has 0 saturated carbocycles. The fourth-order valence-corrected chi connectivity index (χ4v) is 3.22. The van der Waals surface area contributed by atoms with E-state index < -0.39 is 0 Å². The molecular formula is C18H23N3O3. The van der Waals surface area contributed by atoms with Gasteiger partial charge in [0.1, 0.15) is 5.75 Å². The lowest BCUT2D eigenvalue weighted by atomic mass is 10.1. The highest BCUT2D eigenvalue weighted by Gasteiger charge is 2.28. The van der Waals surface area contributed by atoms with Gasteiger partial charge in [-0.1, -0.05) is 17.3 Å². The third-order valence-electron chi connectivity index (χ3n) is 4.48. The summed E-state index contributed by atoms with van der Waals surface area (Å²) < 4.78 is 10.2. The summed E-state index contributed by atoms with van der Waals surface area (Å²) >= 11 is 0. The van der Waals surface area contributed by atoms with Gasteiger partial charge in [0.2, 0.25) is 11.8 Å². The minimum absolute atomic E-state index is 0.187. The minimum atomic E-state index is 0.187. The van der Waals surface area contributed by atoms with Crippen LogP contribution >= 0.6 is 0 Å². The molecule has 0 bridgehead atoms. The van der Waals surface area contributed by atoms with Gasteiger partial charge in [0, 0.05) is 25.9 Å². The van der Waals surface area contributed by atoms with E-state index in [0.717, 1.165) is 49.4 Å². The van der Waals surface area contributed by atoms with Crippen molar-refractivity contribution >= 4 is 5.91 Å². The van der Waals surface area contributed by atoms with Gasteiger partial charge >= 0.3 is 0 Å². The van der Waals surface area contributed by atoms with Gasteiger partial charge in [0.05, 0.1) is 13.5 Å². The van der Waals surface area contributed by atoms with E-state index in [1.807, 2.05) is 29.2 Å². The molecule has 1 aromatic heterocycles. The van der Waals surface area contributed by atoms with Crippen molar-refractivity contribution in [3.05, 3.63) is 41.5 Å². The molecule has 0 spiro atoms. The number of methoxy groups -OCH3 is 1. The Kier molecular flexibility index (Phi) is 5.13. The van der Waals surface area contributed by atoms with Gasteiger partial charge in [-0.3, -0.25) is 4.79 Å². The Balaban J connectivity index is 1.56. The first-order valence-corrected chi connectivity index (χ1v) is 8.37. The molecule has 1 atom stereocenters. The number of carbonyl (C=O) groups excluding carboxylic acids is 1. The Morgan fingerprint density at radius 1 is 1.38 bits per heavy atom. The molecule has 24 heavy (non-hydrogen) atoms. The molecule has 0 aliphatic carbocycles.